The minimum atomic E-state index is 0.336. The number of hydrogen-bond donors (Lipinski definition) is 1. The molecule has 0 aliphatic carbocycles. The standard InChI is InChI=1S/C24H40N2O/c1-17(2)19(5)26-15-22(21-9-7-6-8-10-21)11-12-24(26)23-13-20(14-25-23)16-27-18(3)4/h6-10,17-20,22-25H,11-16H2,1-5H3. The second-order valence-electron chi connectivity index (χ2n) is 9.43. The molecule has 5 unspecified atom stereocenters. The van der Waals surface area contributed by atoms with E-state index in [0.717, 1.165) is 13.2 Å². The summed E-state index contributed by atoms with van der Waals surface area (Å²) in [6, 6.07) is 13.0. The Morgan fingerprint density at radius 3 is 2.48 bits per heavy atom. The SMILES string of the molecule is CC(C)OCC1CNC(C2CCC(c3ccccc3)CN2C(C)C(C)C)C1. The molecule has 1 N–H and O–H groups in total. The number of likely N-dealkylation sites (tertiary alicyclic amines) is 1. The topological polar surface area (TPSA) is 24.5 Å². The summed E-state index contributed by atoms with van der Waals surface area (Å²) in [7, 11) is 0. The van der Waals surface area contributed by atoms with Crippen LogP contribution in [0.15, 0.2) is 30.3 Å². The van der Waals surface area contributed by atoms with Crippen LogP contribution in [-0.2, 0) is 4.74 Å². The van der Waals surface area contributed by atoms with Crippen LogP contribution in [0.3, 0.4) is 0 Å². The molecule has 1 aromatic rings. The van der Waals surface area contributed by atoms with Crippen molar-refractivity contribution in [2.45, 2.75) is 84.0 Å². The molecular weight excluding hydrogens is 332 g/mol. The molecule has 2 fully saturated rings. The molecule has 0 spiro atoms. The van der Waals surface area contributed by atoms with E-state index in [0.29, 0.717) is 42.0 Å². The molecule has 3 heteroatoms. The molecule has 0 amide bonds. The predicted molar refractivity (Wildman–Crippen MR) is 114 cm³/mol. The lowest BCUT2D eigenvalue weighted by molar-refractivity contribution is 0.0412. The number of rotatable bonds is 7. The summed E-state index contributed by atoms with van der Waals surface area (Å²) in [5.74, 6) is 2.02. The number of piperidine rings is 1. The molecule has 3 rings (SSSR count). The first-order valence-corrected chi connectivity index (χ1v) is 11.1. The zero-order chi connectivity index (χ0) is 19.4. The van der Waals surface area contributed by atoms with Gasteiger partial charge in [0.15, 0.2) is 0 Å². The van der Waals surface area contributed by atoms with Gasteiger partial charge in [-0.1, -0.05) is 44.2 Å². The van der Waals surface area contributed by atoms with Gasteiger partial charge in [-0.25, -0.2) is 0 Å². The van der Waals surface area contributed by atoms with Gasteiger partial charge >= 0.3 is 0 Å². The summed E-state index contributed by atoms with van der Waals surface area (Å²) >= 11 is 0. The van der Waals surface area contributed by atoms with Crippen LogP contribution in [0.1, 0.15) is 65.4 Å². The van der Waals surface area contributed by atoms with Gasteiger partial charge in [0.1, 0.15) is 0 Å². The zero-order valence-corrected chi connectivity index (χ0v) is 18.0. The van der Waals surface area contributed by atoms with E-state index in [2.05, 4.69) is 75.2 Å². The fraction of sp³-hybridized carbons (Fsp3) is 0.750. The highest BCUT2D eigenvalue weighted by Gasteiger charge is 2.40. The Labute approximate surface area is 166 Å². The Morgan fingerprint density at radius 2 is 1.81 bits per heavy atom. The normalized spacial score (nSPS) is 30.9. The molecule has 3 nitrogen and oxygen atoms in total. The summed E-state index contributed by atoms with van der Waals surface area (Å²) < 4.78 is 5.90. The summed E-state index contributed by atoms with van der Waals surface area (Å²) in [5.41, 5.74) is 1.51. The highest BCUT2D eigenvalue weighted by molar-refractivity contribution is 5.21. The second kappa shape index (κ2) is 9.54. The van der Waals surface area contributed by atoms with Crippen molar-refractivity contribution in [1.82, 2.24) is 10.2 Å². The molecule has 0 radical (unpaired) electrons. The van der Waals surface area contributed by atoms with E-state index >= 15 is 0 Å². The van der Waals surface area contributed by atoms with E-state index in [1.807, 2.05) is 0 Å². The van der Waals surface area contributed by atoms with Crippen molar-refractivity contribution in [2.24, 2.45) is 11.8 Å². The molecule has 5 atom stereocenters. The second-order valence-corrected chi connectivity index (χ2v) is 9.43. The largest absolute Gasteiger partial charge is 0.378 e. The number of nitrogens with one attached hydrogen (secondary N) is 1. The van der Waals surface area contributed by atoms with Crippen LogP contribution in [0.2, 0.25) is 0 Å². The summed E-state index contributed by atoms with van der Waals surface area (Å²) in [5, 5.41) is 3.86. The van der Waals surface area contributed by atoms with Crippen molar-refractivity contribution in [3.8, 4) is 0 Å². The van der Waals surface area contributed by atoms with Crippen molar-refractivity contribution in [3.05, 3.63) is 35.9 Å². The van der Waals surface area contributed by atoms with E-state index < -0.39 is 0 Å². The molecule has 0 aromatic heterocycles. The Hall–Kier alpha value is -0.900. The fourth-order valence-electron chi connectivity index (χ4n) is 4.89. The molecule has 2 heterocycles. The summed E-state index contributed by atoms with van der Waals surface area (Å²) in [6.07, 6.45) is 4.20. The van der Waals surface area contributed by atoms with Gasteiger partial charge in [-0.3, -0.25) is 4.90 Å². The lowest BCUT2D eigenvalue weighted by Crippen LogP contribution is -2.56. The molecular formula is C24H40N2O. The highest BCUT2D eigenvalue weighted by Crippen LogP contribution is 2.36. The van der Waals surface area contributed by atoms with Crippen molar-refractivity contribution in [1.29, 1.82) is 0 Å². The smallest absolute Gasteiger partial charge is 0.0519 e. The van der Waals surface area contributed by atoms with E-state index in [4.69, 9.17) is 4.74 Å². The third kappa shape index (κ3) is 5.34. The van der Waals surface area contributed by atoms with Crippen LogP contribution in [0.25, 0.3) is 0 Å². The van der Waals surface area contributed by atoms with E-state index in [9.17, 15) is 0 Å². The molecule has 0 saturated carbocycles. The van der Waals surface area contributed by atoms with Crippen LogP contribution in [-0.4, -0.2) is 48.8 Å². The lowest BCUT2D eigenvalue weighted by atomic mass is 9.82. The van der Waals surface area contributed by atoms with Crippen molar-refractivity contribution < 1.29 is 4.74 Å². The van der Waals surface area contributed by atoms with E-state index in [-0.39, 0.29) is 0 Å². The Balaban J connectivity index is 1.67. The van der Waals surface area contributed by atoms with Crippen molar-refractivity contribution in [3.63, 3.8) is 0 Å². The van der Waals surface area contributed by atoms with Crippen LogP contribution in [0.5, 0.6) is 0 Å². The first-order chi connectivity index (χ1) is 13.0. The van der Waals surface area contributed by atoms with Crippen LogP contribution < -0.4 is 5.32 Å². The van der Waals surface area contributed by atoms with Crippen LogP contribution in [0.4, 0.5) is 0 Å². The quantitative estimate of drug-likeness (QED) is 0.752. The minimum Gasteiger partial charge on any atom is -0.378 e. The molecule has 1 aromatic carbocycles. The average Bonchev–Trinajstić information content (AvgIpc) is 3.15. The van der Waals surface area contributed by atoms with Gasteiger partial charge in [0.2, 0.25) is 0 Å². The summed E-state index contributed by atoms with van der Waals surface area (Å²) in [4.78, 5) is 2.83. The predicted octanol–water partition coefficient (Wildman–Crippen LogP) is 4.68. The maximum atomic E-state index is 5.90. The Bertz CT molecular complexity index is 559. The third-order valence-corrected chi connectivity index (χ3v) is 6.81. The number of hydrogen-bond acceptors (Lipinski definition) is 3. The highest BCUT2D eigenvalue weighted by atomic mass is 16.5. The van der Waals surface area contributed by atoms with Gasteiger partial charge in [0.25, 0.3) is 0 Å². The number of nitrogens with zero attached hydrogens (tertiary/aromatic N) is 1. The van der Waals surface area contributed by atoms with Gasteiger partial charge in [0.05, 0.1) is 12.7 Å². The van der Waals surface area contributed by atoms with Gasteiger partial charge in [-0.05, 0) is 63.4 Å². The van der Waals surface area contributed by atoms with Gasteiger partial charge in [-0.2, -0.15) is 0 Å². The Morgan fingerprint density at radius 1 is 1.07 bits per heavy atom. The first-order valence-electron chi connectivity index (χ1n) is 11.1. The lowest BCUT2D eigenvalue weighted by Gasteiger charge is -2.47. The minimum absolute atomic E-state index is 0.336. The maximum Gasteiger partial charge on any atom is 0.0519 e. The number of ether oxygens (including phenoxy) is 1. The molecule has 2 saturated heterocycles. The first kappa shape index (κ1) is 20.8. The number of benzene rings is 1. The van der Waals surface area contributed by atoms with Gasteiger partial charge in [-0.15, -0.1) is 0 Å². The van der Waals surface area contributed by atoms with Gasteiger partial charge < -0.3 is 10.1 Å². The van der Waals surface area contributed by atoms with Gasteiger partial charge in [0, 0.05) is 31.2 Å². The molecule has 27 heavy (non-hydrogen) atoms. The molecule has 0 bridgehead atoms. The molecule has 2 aliphatic heterocycles. The van der Waals surface area contributed by atoms with E-state index in [1.165, 1.54) is 31.4 Å². The maximum absolute atomic E-state index is 5.90. The third-order valence-electron chi connectivity index (χ3n) is 6.81. The fourth-order valence-corrected chi connectivity index (χ4v) is 4.89. The summed E-state index contributed by atoms with van der Waals surface area (Å²) in [6.45, 7) is 14.6. The average molecular weight is 373 g/mol. The van der Waals surface area contributed by atoms with Crippen molar-refractivity contribution >= 4 is 0 Å². The molecule has 2 aliphatic rings. The monoisotopic (exact) mass is 372 g/mol. The van der Waals surface area contributed by atoms with Crippen LogP contribution >= 0.6 is 0 Å². The van der Waals surface area contributed by atoms with Crippen LogP contribution in [0, 0.1) is 11.8 Å². The molecule has 152 valence electrons. The zero-order valence-electron chi connectivity index (χ0n) is 18.0. The van der Waals surface area contributed by atoms with Crippen molar-refractivity contribution in [2.75, 3.05) is 19.7 Å². The Kier molecular flexibility index (Phi) is 7.35. The van der Waals surface area contributed by atoms with E-state index in [1.54, 1.807) is 0 Å².